The number of esters is 1. The van der Waals surface area contributed by atoms with E-state index in [0.717, 1.165) is 11.1 Å². The normalized spacial score (nSPS) is 31.8. The summed E-state index contributed by atoms with van der Waals surface area (Å²) in [5, 5.41) is 23.8. The molecule has 13 nitrogen and oxygen atoms in total. The van der Waals surface area contributed by atoms with Crippen molar-refractivity contribution in [2.75, 3.05) is 33.2 Å². The standard InChI is InChI=1S/C35H50ClN3O10/c1-19-12-11-13-27(47-10)35(45,37-33(43)44)18-20(2)21(3)31-34(6,49-31)28(48-32(42)22(4)38(7)23(5)40)17-29(41)39(8)25-15-24(14-19)16-26(46-9)30(25)36/h11-13,15-16,20-22,27-28,31,37,45H,14,17-18H2,1-10H3,(H,43,44)/b13-11+,19-12+/t20-,21+,22-,27+,28-,31-,34-,35-/m0/s1. The highest BCUT2D eigenvalue weighted by molar-refractivity contribution is 6.35. The van der Waals surface area contributed by atoms with E-state index in [1.165, 1.54) is 44.9 Å². The predicted octanol–water partition coefficient (Wildman–Crippen LogP) is 4.33. The minimum Gasteiger partial charge on any atom is -0.495 e. The van der Waals surface area contributed by atoms with E-state index in [0.29, 0.717) is 17.9 Å². The summed E-state index contributed by atoms with van der Waals surface area (Å²) >= 11 is 6.71. The summed E-state index contributed by atoms with van der Waals surface area (Å²) in [5.74, 6) is -1.80. The molecule has 2 aliphatic rings. The topological polar surface area (TPSA) is 167 Å². The van der Waals surface area contributed by atoms with Crippen molar-refractivity contribution >= 4 is 41.2 Å². The second-order valence-electron chi connectivity index (χ2n) is 13.4. The number of amides is 3. The number of ether oxygens (including phenoxy) is 4. The zero-order valence-electron chi connectivity index (χ0n) is 29.9. The number of carbonyl (C=O) groups is 4. The van der Waals surface area contributed by atoms with E-state index in [1.54, 1.807) is 38.3 Å². The summed E-state index contributed by atoms with van der Waals surface area (Å²) in [4.78, 5) is 53.8. The summed E-state index contributed by atoms with van der Waals surface area (Å²) < 4.78 is 23.3. The van der Waals surface area contributed by atoms with E-state index < -0.39 is 53.6 Å². The number of aliphatic hydroxyl groups is 1. The first kappa shape index (κ1) is 39.8. The first-order valence-electron chi connectivity index (χ1n) is 16.1. The number of epoxide rings is 1. The molecule has 0 unspecified atom stereocenters. The number of likely N-dealkylation sites (N-methyl/N-ethyl adjacent to an activating group) is 1. The Morgan fingerprint density at radius 2 is 1.88 bits per heavy atom. The van der Waals surface area contributed by atoms with Crippen LogP contribution in [-0.2, 0) is 35.0 Å². The molecule has 0 aromatic heterocycles. The smallest absolute Gasteiger partial charge is 0.406 e. The van der Waals surface area contributed by atoms with Gasteiger partial charge in [-0.2, -0.15) is 0 Å². The average molecular weight is 708 g/mol. The van der Waals surface area contributed by atoms with Gasteiger partial charge in [-0.1, -0.05) is 49.2 Å². The van der Waals surface area contributed by atoms with Crippen LogP contribution in [0.5, 0.6) is 5.75 Å². The molecule has 0 saturated carbocycles. The van der Waals surface area contributed by atoms with E-state index in [-0.39, 0.29) is 35.6 Å². The number of nitrogens with zero attached hydrogens (tertiary/aromatic N) is 2. The number of methoxy groups -OCH3 is 2. The Kier molecular flexibility index (Phi) is 12.9. The third kappa shape index (κ3) is 9.13. The molecule has 8 atom stereocenters. The molecule has 14 heteroatoms. The Bertz CT molecular complexity index is 1480. The molecule has 1 aromatic carbocycles. The quantitative estimate of drug-likeness (QED) is 0.220. The highest BCUT2D eigenvalue weighted by atomic mass is 35.5. The number of carboxylic acid groups (broad SMARTS) is 1. The molecule has 0 radical (unpaired) electrons. The highest BCUT2D eigenvalue weighted by Crippen LogP contribution is 2.49. The molecule has 0 spiro atoms. The number of benzene rings is 1. The van der Waals surface area contributed by atoms with E-state index in [4.69, 9.17) is 30.5 Å². The zero-order chi connectivity index (χ0) is 37.0. The van der Waals surface area contributed by atoms with Crippen LogP contribution in [0.25, 0.3) is 0 Å². The molecule has 1 fully saturated rings. The monoisotopic (exact) mass is 707 g/mol. The van der Waals surface area contributed by atoms with Crippen molar-refractivity contribution in [3.05, 3.63) is 46.5 Å². The van der Waals surface area contributed by atoms with Gasteiger partial charge in [0.15, 0.2) is 5.72 Å². The van der Waals surface area contributed by atoms with Crippen molar-refractivity contribution in [2.45, 2.75) is 96.5 Å². The fourth-order valence-corrected chi connectivity index (χ4v) is 6.57. The summed E-state index contributed by atoms with van der Waals surface area (Å²) in [6.07, 6.45) is 1.06. The van der Waals surface area contributed by atoms with Crippen LogP contribution >= 0.6 is 11.6 Å². The van der Waals surface area contributed by atoms with Gasteiger partial charge in [-0.25, -0.2) is 9.59 Å². The number of halogens is 1. The maximum Gasteiger partial charge on any atom is 0.406 e. The highest BCUT2D eigenvalue weighted by Gasteiger charge is 2.63. The molecule has 2 aliphatic heterocycles. The fourth-order valence-electron chi connectivity index (χ4n) is 6.25. The second-order valence-corrected chi connectivity index (χ2v) is 13.7. The molecule has 0 aliphatic carbocycles. The first-order chi connectivity index (χ1) is 22.8. The Hall–Kier alpha value is -3.65. The van der Waals surface area contributed by atoms with Crippen LogP contribution in [0.3, 0.4) is 0 Å². The van der Waals surface area contributed by atoms with E-state index >= 15 is 0 Å². The van der Waals surface area contributed by atoms with Crippen molar-refractivity contribution in [3.63, 3.8) is 0 Å². The van der Waals surface area contributed by atoms with Gasteiger partial charge in [0, 0.05) is 34.5 Å². The van der Waals surface area contributed by atoms with Crippen molar-refractivity contribution in [2.24, 2.45) is 11.8 Å². The van der Waals surface area contributed by atoms with Gasteiger partial charge in [-0.15, -0.1) is 0 Å². The van der Waals surface area contributed by atoms with Crippen LogP contribution in [0.15, 0.2) is 35.9 Å². The summed E-state index contributed by atoms with van der Waals surface area (Å²) in [6.45, 7) is 10.2. The minimum atomic E-state index is -2.02. The van der Waals surface area contributed by atoms with Gasteiger partial charge < -0.3 is 39.0 Å². The van der Waals surface area contributed by atoms with Gasteiger partial charge in [0.25, 0.3) is 0 Å². The molecule has 1 saturated heterocycles. The molecule has 1 aromatic rings. The molecule has 272 valence electrons. The maximum atomic E-state index is 14.0. The number of allylic oxidation sites excluding steroid dienone is 3. The third-order valence-corrected chi connectivity index (χ3v) is 10.2. The van der Waals surface area contributed by atoms with Gasteiger partial charge in [-0.3, -0.25) is 14.9 Å². The summed E-state index contributed by atoms with van der Waals surface area (Å²) in [7, 11) is 5.91. The third-order valence-electron chi connectivity index (χ3n) is 9.81. The number of hydrogen-bond donors (Lipinski definition) is 3. The molecular weight excluding hydrogens is 658 g/mol. The van der Waals surface area contributed by atoms with Gasteiger partial charge in [0.05, 0.1) is 25.3 Å². The van der Waals surface area contributed by atoms with Crippen molar-refractivity contribution in [3.8, 4) is 5.75 Å². The van der Waals surface area contributed by atoms with E-state index in [9.17, 15) is 29.4 Å². The lowest BCUT2D eigenvalue weighted by Gasteiger charge is -2.37. The predicted molar refractivity (Wildman–Crippen MR) is 184 cm³/mol. The van der Waals surface area contributed by atoms with Gasteiger partial charge in [-0.05, 0) is 56.7 Å². The molecule has 3 rings (SSSR count). The summed E-state index contributed by atoms with van der Waals surface area (Å²) in [5.41, 5.74) is -1.09. The maximum absolute atomic E-state index is 14.0. The van der Waals surface area contributed by atoms with Gasteiger partial charge in [0.1, 0.15) is 34.6 Å². The molecule has 49 heavy (non-hydrogen) atoms. The number of rotatable bonds is 6. The zero-order valence-corrected chi connectivity index (χ0v) is 30.7. The molecular formula is C35H50ClN3O10. The van der Waals surface area contributed by atoms with Crippen molar-refractivity contribution < 1.29 is 48.3 Å². The SMILES string of the molecule is COc1cc2cc(c1Cl)N(C)C(=O)C[C@H](OC(=O)[C@H](C)N(C)C(C)=O)[C@]1(C)O[C@H]1[C@H](C)[C@@H](C)C[C@@](O)(NC(=O)O)[C@H](OC)/C=C/C=C(\C)C2. The Morgan fingerprint density at radius 1 is 1.22 bits per heavy atom. The number of nitrogens with one attached hydrogen (secondary N) is 1. The average Bonchev–Trinajstić information content (AvgIpc) is 3.72. The number of hydrogen-bond acceptors (Lipinski definition) is 9. The fraction of sp³-hybridized carbons (Fsp3) is 0.600. The molecule has 2 bridgehead atoms. The lowest BCUT2D eigenvalue weighted by molar-refractivity contribution is -0.161. The number of carbonyl (C=O) groups excluding carboxylic acids is 3. The summed E-state index contributed by atoms with van der Waals surface area (Å²) in [6, 6.07) is 2.60. The van der Waals surface area contributed by atoms with Crippen LogP contribution in [-0.4, -0.2) is 103 Å². The van der Waals surface area contributed by atoms with Crippen molar-refractivity contribution in [1.82, 2.24) is 10.2 Å². The van der Waals surface area contributed by atoms with Crippen molar-refractivity contribution in [1.29, 1.82) is 0 Å². The molecule has 3 amide bonds. The first-order valence-corrected chi connectivity index (χ1v) is 16.5. The van der Waals surface area contributed by atoms with E-state index in [1.807, 2.05) is 26.8 Å². The Morgan fingerprint density at radius 3 is 2.45 bits per heavy atom. The lowest BCUT2D eigenvalue weighted by atomic mass is 9.80. The second kappa shape index (κ2) is 15.9. The van der Waals surface area contributed by atoms with Crippen LogP contribution in [0.2, 0.25) is 5.02 Å². The molecule has 3 N–H and O–H groups in total. The van der Waals surface area contributed by atoms with E-state index in [2.05, 4.69) is 5.32 Å². The largest absolute Gasteiger partial charge is 0.495 e. The number of anilines is 1. The Balaban J connectivity index is 2.15. The Labute approximate surface area is 293 Å². The van der Waals surface area contributed by atoms with Gasteiger partial charge in [0.2, 0.25) is 11.8 Å². The van der Waals surface area contributed by atoms with Gasteiger partial charge >= 0.3 is 12.1 Å². The van der Waals surface area contributed by atoms with Crippen LogP contribution in [0.4, 0.5) is 10.5 Å². The van der Waals surface area contributed by atoms with Crippen LogP contribution in [0, 0.1) is 11.8 Å². The minimum absolute atomic E-state index is 0.0569. The van der Waals surface area contributed by atoms with Crippen LogP contribution in [0.1, 0.15) is 59.9 Å². The molecule has 2 heterocycles. The lowest BCUT2D eigenvalue weighted by Crippen LogP contribution is -2.57. The number of fused-ring (bicyclic) bond motifs is 3. The van der Waals surface area contributed by atoms with Crippen LogP contribution < -0.4 is 15.0 Å².